The molecule has 2 aliphatic rings. The topological polar surface area (TPSA) is 107 Å². The summed E-state index contributed by atoms with van der Waals surface area (Å²) in [7, 11) is -3.81. The van der Waals surface area contributed by atoms with E-state index in [0.29, 0.717) is 10.3 Å². The highest BCUT2D eigenvalue weighted by Crippen LogP contribution is 2.47. The lowest BCUT2D eigenvalue weighted by Gasteiger charge is -2.42. The number of nitrogens with zero attached hydrogens (tertiary/aromatic N) is 3. The van der Waals surface area contributed by atoms with E-state index in [0.717, 1.165) is 34.6 Å². The van der Waals surface area contributed by atoms with Crippen molar-refractivity contribution in [1.29, 1.82) is 0 Å². The monoisotopic (exact) mass is 698 g/mol. The summed E-state index contributed by atoms with van der Waals surface area (Å²) < 4.78 is 24.2. The van der Waals surface area contributed by atoms with E-state index in [1.807, 2.05) is 6.07 Å². The summed E-state index contributed by atoms with van der Waals surface area (Å²) in [5.41, 5.74) is 8.84. The number of imidazole rings is 1. The van der Waals surface area contributed by atoms with Gasteiger partial charge < -0.3 is 0 Å². The van der Waals surface area contributed by atoms with Gasteiger partial charge in [0.05, 0.1) is 17.2 Å². The van der Waals surface area contributed by atoms with Crippen LogP contribution in [0.15, 0.2) is 46.9 Å². The number of sulfonamides is 1. The average molecular weight is 700 g/mol. The first-order valence-corrected chi connectivity index (χ1v) is 18.5. The van der Waals surface area contributed by atoms with Crippen LogP contribution in [-0.4, -0.2) is 34.1 Å². The quantitative estimate of drug-likeness (QED) is 0.171. The fraction of sp³-hybridized carbons (Fsp3) is 0.500. The Hall–Kier alpha value is -2.40. The molecule has 2 N–H and O–H groups in total. The van der Waals surface area contributed by atoms with Gasteiger partial charge in [-0.3, -0.25) is 4.79 Å². The molecule has 7 nitrogen and oxygen atoms in total. The summed E-state index contributed by atoms with van der Waals surface area (Å²) in [6.45, 7) is 18.3. The number of Topliss-reactive ketones (excluding diaryl/α,β-unsaturated/α-hetero) is 1. The van der Waals surface area contributed by atoms with Gasteiger partial charge in [0.15, 0.2) is 5.78 Å². The van der Waals surface area contributed by atoms with Crippen molar-refractivity contribution in [3.8, 4) is 11.3 Å². The smallest absolute Gasteiger partial charge is 0.267 e. The summed E-state index contributed by atoms with van der Waals surface area (Å²) in [6, 6.07) is 12.8. The van der Waals surface area contributed by atoms with Crippen LogP contribution in [0.3, 0.4) is 0 Å². The molecular formula is C34H43BrN4O3S2. The molecule has 2 heterocycles. The second-order valence-corrected chi connectivity index (χ2v) is 18.1. The Labute approximate surface area is 273 Å². The first-order chi connectivity index (χ1) is 20.2. The number of ketones is 1. The van der Waals surface area contributed by atoms with Gasteiger partial charge in [0.2, 0.25) is 9.30 Å². The number of carbonyl (C=O) groups excluding carboxylic acids is 1. The van der Waals surface area contributed by atoms with Gasteiger partial charge in [-0.2, -0.15) is 0 Å². The van der Waals surface area contributed by atoms with Gasteiger partial charge in [0.25, 0.3) is 10.0 Å². The maximum Gasteiger partial charge on any atom is 0.267 e. The molecule has 0 atom stereocenters. The summed E-state index contributed by atoms with van der Waals surface area (Å²) in [4.78, 5) is 16.9. The van der Waals surface area contributed by atoms with Crippen LogP contribution in [-0.2, 0) is 31.7 Å². The Balaban J connectivity index is 0.000000187. The zero-order valence-corrected chi connectivity index (χ0v) is 30.1. The summed E-state index contributed by atoms with van der Waals surface area (Å²) in [6.07, 6.45) is 6.46. The van der Waals surface area contributed by atoms with Crippen molar-refractivity contribution >= 4 is 48.0 Å². The van der Waals surface area contributed by atoms with Crippen molar-refractivity contribution < 1.29 is 13.2 Å². The largest absolute Gasteiger partial charge is 0.293 e. The fourth-order valence-corrected chi connectivity index (χ4v) is 8.35. The van der Waals surface area contributed by atoms with Crippen molar-refractivity contribution in [3.63, 3.8) is 0 Å². The normalized spacial score (nSPS) is 19.4. The maximum atomic E-state index is 11.8. The van der Waals surface area contributed by atoms with Crippen LogP contribution in [0.5, 0.6) is 0 Å². The second kappa shape index (κ2) is 11.1. The van der Waals surface area contributed by atoms with Crippen LogP contribution >= 0.6 is 27.3 Å². The molecule has 4 aromatic rings. The molecule has 0 saturated heterocycles. The molecule has 0 radical (unpaired) electrons. The molecule has 2 aliphatic carbocycles. The van der Waals surface area contributed by atoms with E-state index in [-0.39, 0.29) is 31.8 Å². The van der Waals surface area contributed by atoms with Crippen LogP contribution in [0.2, 0.25) is 0 Å². The molecule has 6 rings (SSSR count). The number of hydrogen-bond acceptors (Lipinski definition) is 6. The number of alkyl halides is 1. The van der Waals surface area contributed by atoms with Crippen molar-refractivity contribution in [2.24, 2.45) is 5.14 Å². The van der Waals surface area contributed by atoms with Crippen LogP contribution in [0, 0.1) is 0 Å². The molecule has 0 spiro atoms. The molecule has 236 valence electrons. The third kappa shape index (κ3) is 6.19. The highest BCUT2D eigenvalue weighted by Gasteiger charge is 2.38. The van der Waals surface area contributed by atoms with E-state index in [4.69, 9.17) is 5.14 Å². The molecular weight excluding hydrogens is 656 g/mol. The molecule has 0 bridgehead atoms. The Morgan fingerprint density at radius 2 is 1.34 bits per heavy atom. The fourth-order valence-electron chi connectivity index (χ4n) is 6.52. The number of fused-ring (bicyclic) bond motifs is 3. The molecule has 10 heteroatoms. The Morgan fingerprint density at radius 3 is 1.84 bits per heavy atom. The number of aromatic nitrogens is 3. The Morgan fingerprint density at radius 1 is 0.841 bits per heavy atom. The zero-order valence-electron chi connectivity index (χ0n) is 26.9. The third-order valence-corrected chi connectivity index (χ3v) is 12.5. The van der Waals surface area contributed by atoms with Crippen LogP contribution in [0.1, 0.15) is 114 Å². The van der Waals surface area contributed by atoms with Crippen LogP contribution in [0.4, 0.5) is 0 Å². The summed E-state index contributed by atoms with van der Waals surface area (Å²) >= 11 is 4.22. The van der Waals surface area contributed by atoms with E-state index < -0.39 is 10.0 Å². The number of primary sulfonamides is 1. The van der Waals surface area contributed by atoms with E-state index in [1.165, 1.54) is 46.0 Å². The Bertz CT molecular complexity index is 1830. The van der Waals surface area contributed by atoms with E-state index >= 15 is 0 Å². The standard InChI is InChI=1S/C18H22N4O2S2.C16H21BrO/c1-17(2)7-8-18(3,4)13-9-11(5-6-12(13)17)14-10-22-15(20-14)25-16(21-22)26(19,23)24;1-15(2)7-8-16(3,4)13-9-11(14(18)10-17)5-6-12(13)15/h5-6,9-10H,7-8H2,1-4H3,(H2,19,23,24);5-6,9H,7-8,10H2,1-4H3. The third-order valence-electron chi connectivity index (χ3n) is 9.71. The van der Waals surface area contributed by atoms with Gasteiger partial charge in [0.1, 0.15) is 0 Å². The minimum absolute atomic E-state index is 0.122. The van der Waals surface area contributed by atoms with Crippen LogP contribution < -0.4 is 5.14 Å². The van der Waals surface area contributed by atoms with Gasteiger partial charge >= 0.3 is 0 Å². The van der Waals surface area contributed by atoms with Crippen molar-refractivity contribution in [3.05, 3.63) is 70.4 Å². The zero-order chi connectivity index (χ0) is 32.5. The molecule has 44 heavy (non-hydrogen) atoms. The highest BCUT2D eigenvalue weighted by atomic mass is 79.9. The highest BCUT2D eigenvalue weighted by molar-refractivity contribution is 9.09. The van der Waals surface area contributed by atoms with Crippen molar-refractivity contribution in [2.45, 2.75) is 107 Å². The lowest BCUT2D eigenvalue weighted by atomic mass is 9.63. The number of halogens is 1. The summed E-state index contributed by atoms with van der Waals surface area (Å²) in [5.74, 6) is 0.164. The average Bonchev–Trinajstić information content (AvgIpc) is 3.54. The Kier molecular flexibility index (Phi) is 8.35. The lowest BCUT2D eigenvalue weighted by Crippen LogP contribution is -2.34. The van der Waals surface area contributed by atoms with Gasteiger partial charge in [-0.25, -0.2) is 23.1 Å². The molecule has 0 amide bonds. The molecule has 0 aliphatic heterocycles. The number of hydrogen-bond donors (Lipinski definition) is 1. The molecule has 0 saturated carbocycles. The lowest BCUT2D eigenvalue weighted by molar-refractivity contribution is 0.102. The van der Waals surface area contributed by atoms with E-state index in [9.17, 15) is 13.2 Å². The molecule has 2 aromatic heterocycles. The van der Waals surface area contributed by atoms with Gasteiger partial charge in [-0.05, 0) is 81.7 Å². The number of nitrogens with two attached hydrogens (primary N) is 1. The molecule has 0 fully saturated rings. The molecule has 0 unspecified atom stereocenters. The first kappa shape index (κ1) is 33.0. The van der Waals surface area contributed by atoms with Gasteiger partial charge in [-0.15, -0.1) is 5.10 Å². The maximum absolute atomic E-state index is 11.8. The van der Waals surface area contributed by atoms with Crippen molar-refractivity contribution in [1.82, 2.24) is 14.6 Å². The van der Waals surface area contributed by atoms with Gasteiger partial charge in [-0.1, -0.05) is 107 Å². The van der Waals surface area contributed by atoms with E-state index in [1.54, 1.807) is 6.20 Å². The minimum atomic E-state index is -3.81. The van der Waals surface area contributed by atoms with Crippen molar-refractivity contribution in [2.75, 3.05) is 5.33 Å². The summed E-state index contributed by atoms with van der Waals surface area (Å²) in [5, 5.41) is 9.57. The van der Waals surface area contributed by atoms with E-state index in [2.05, 4.69) is 112 Å². The second-order valence-electron chi connectivity index (χ2n) is 14.9. The van der Waals surface area contributed by atoms with Crippen LogP contribution in [0.25, 0.3) is 16.2 Å². The first-order valence-electron chi connectivity index (χ1n) is 15.0. The number of carbonyl (C=O) groups is 1. The SMILES string of the molecule is CC1(C)CCC(C)(C)c2cc(-c3cn4nc(S(N)(=O)=O)sc4n3)ccc21.CC1(C)CCC(C)(C)c2cc(C(=O)CBr)ccc21. The van der Waals surface area contributed by atoms with Gasteiger partial charge in [0, 0.05) is 11.1 Å². The molecule has 2 aromatic carbocycles. The predicted molar refractivity (Wildman–Crippen MR) is 183 cm³/mol. The number of benzene rings is 2. The number of rotatable bonds is 4. The predicted octanol–water partition coefficient (Wildman–Crippen LogP) is 8.07. The minimum Gasteiger partial charge on any atom is -0.293 e.